The second-order valence-corrected chi connectivity index (χ2v) is 12.0. The van der Waals surface area contributed by atoms with Gasteiger partial charge in [0, 0.05) is 36.2 Å². The van der Waals surface area contributed by atoms with Crippen molar-refractivity contribution < 1.29 is 41.0 Å². The van der Waals surface area contributed by atoms with E-state index in [1.54, 1.807) is 0 Å². The lowest BCUT2D eigenvalue weighted by Crippen LogP contribution is -2.48. The zero-order valence-electron chi connectivity index (χ0n) is 25.1. The van der Waals surface area contributed by atoms with E-state index in [0.717, 1.165) is 43.3 Å². The fraction of sp³-hybridized carbons (Fsp3) is 0.303. The van der Waals surface area contributed by atoms with Crippen LogP contribution in [-0.4, -0.2) is 41.5 Å². The maximum absolute atomic E-state index is 16.9. The fourth-order valence-corrected chi connectivity index (χ4v) is 6.86. The number of alkyl halides is 3. The van der Waals surface area contributed by atoms with Crippen molar-refractivity contribution in [3.8, 4) is 39.9 Å². The fourth-order valence-electron chi connectivity index (χ4n) is 6.59. The molecule has 3 aliphatic rings. The zero-order valence-corrected chi connectivity index (χ0v) is 25.9. The Kier molecular flexibility index (Phi) is 7.82. The molecule has 1 aromatic heterocycles. The van der Waals surface area contributed by atoms with Crippen LogP contribution < -0.4 is 30.4 Å². The van der Waals surface area contributed by atoms with Gasteiger partial charge in [-0.25, -0.2) is 13.5 Å². The molecule has 15 heteroatoms. The molecule has 2 atom stereocenters. The highest BCUT2D eigenvalue weighted by Crippen LogP contribution is 2.55. The molecule has 1 fully saturated rings. The Balaban J connectivity index is 1.40. The lowest BCUT2D eigenvalue weighted by molar-refractivity contribution is -0.137. The van der Waals surface area contributed by atoms with Gasteiger partial charge in [0.25, 0.3) is 5.91 Å². The van der Waals surface area contributed by atoms with Crippen LogP contribution in [-0.2, 0) is 18.6 Å². The van der Waals surface area contributed by atoms with E-state index in [2.05, 4.69) is 15.7 Å². The Morgan fingerprint density at radius 2 is 1.88 bits per heavy atom. The van der Waals surface area contributed by atoms with Crippen molar-refractivity contribution in [1.29, 1.82) is 0 Å². The lowest BCUT2D eigenvalue weighted by Gasteiger charge is -2.35. The van der Waals surface area contributed by atoms with Crippen LogP contribution in [0.3, 0.4) is 0 Å². The van der Waals surface area contributed by atoms with Gasteiger partial charge < -0.3 is 24.8 Å². The number of aryl methyl sites for hydroxylation is 1. The molecule has 3 aliphatic heterocycles. The lowest BCUT2D eigenvalue weighted by atomic mass is 9.80. The maximum atomic E-state index is 16.9. The second kappa shape index (κ2) is 11.8. The van der Waals surface area contributed by atoms with Gasteiger partial charge >= 0.3 is 11.7 Å². The molecule has 1 saturated heterocycles. The van der Waals surface area contributed by atoms with Gasteiger partial charge in [-0.15, -0.1) is 0 Å². The number of nitrogens with zero attached hydrogens (tertiary/aromatic N) is 2. The first-order valence-electron chi connectivity index (χ1n) is 15.0. The SMILES string of the molecule is CNC(=O)c1cc2c(c(F)c1-c1c(Cl)c(F)cc3c1C[C@](c1ccccc1)([C@@H]1CCCN1)O3)Oc1c(cnn(CCC(F)(F)F)c1=O)O2. The molecule has 9 nitrogen and oxygen atoms in total. The average molecular weight is 689 g/mol. The zero-order chi connectivity index (χ0) is 34.0. The third-order valence-electron chi connectivity index (χ3n) is 8.81. The van der Waals surface area contributed by atoms with Crippen molar-refractivity contribution in [1.82, 2.24) is 20.4 Å². The number of amides is 1. The molecular formula is C33H26ClF5N4O5. The Morgan fingerprint density at radius 1 is 1.10 bits per heavy atom. The molecule has 0 unspecified atom stereocenters. The van der Waals surface area contributed by atoms with Crippen LogP contribution in [0.25, 0.3) is 11.1 Å². The quantitative estimate of drug-likeness (QED) is 0.193. The molecule has 0 radical (unpaired) electrons. The van der Waals surface area contributed by atoms with Crippen LogP contribution >= 0.6 is 11.6 Å². The first-order chi connectivity index (χ1) is 22.9. The number of ether oxygens (including phenoxy) is 3. The van der Waals surface area contributed by atoms with Crippen molar-refractivity contribution in [3.63, 3.8) is 0 Å². The van der Waals surface area contributed by atoms with Crippen LogP contribution in [0.4, 0.5) is 22.0 Å². The molecular weight excluding hydrogens is 663 g/mol. The topological polar surface area (TPSA) is 104 Å². The highest BCUT2D eigenvalue weighted by atomic mass is 35.5. The first kappa shape index (κ1) is 31.9. The Hall–Kier alpha value is -4.69. The van der Waals surface area contributed by atoms with Gasteiger partial charge in [-0.1, -0.05) is 41.9 Å². The summed E-state index contributed by atoms with van der Waals surface area (Å²) in [5.41, 5.74) is -1.90. The number of rotatable bonds is 6. The molecule has 3 aromatic carbocycles. The molecule has 4 aromatic rings. The largest absolute Gasteiger partial charge is 0.480 e. The number of benzene rings is 3. The minimum atomic E-state index is -4.57. The van der Waals surface area contributed by atoms with Gasteiger partial charge in [-0.3, -0.25) is 9.59 Å². The van der Waals surface area contributed by atoms with Gasteiger partial charge in [0.05, 0.1) is 35.8 Å². The van der Waals surface area contributed by atoms with E-state index in [1.807, 2.05) is 30.3 Å². The van der Waals surface area contributed by atoms with Gasteiger partial charge in [-0.05, 0) is 31.0 Å². The number of aromatic nitrogens is 2. The Bertz CT molecular complexity index is 2020. The highest BCUT2D eigenvalue weighted by Gasteiger charge is 2.50. The summed E-state index contributed by atoms with van der Waals surface area (Å²) in [6.07, 6.45) is -3.23. The minimum absolute atomic E-state index is 0.102. The van der Waals surface area contributed by atoms with Gasteiger partial charge in [0.1, 0.15) is 11.6 Å². The number of nitrogens with one attached hydrogen (secondary N) is 2. The number of fused-ring (bicyclic) bond motifs is 3. The summed E-state index contributed by atoms with van der Waals surface area (Å²) >= 11 is 6.61. The number of hydrogen-bond acceptors (Lipinski definition) is 7. The van der Waals surface area contributed by atoms with E-state index in [4.69, 9.17) is 25.8 Å². The predicted octanol–water partition coefficient (Wildman–Crippen LogP) is 6.63. The average Bonchev–Trinajstić information content (AvgIpc) is 3.74. The van der Waals surface area contributed by atoms with Crippen LogP contribution in [0.15, 0.2) is 53.5 Å². The van der Waals surface area contributed by atoms with E-state index < -0.39 is 69.9 Å². The normalized spacial score (nSPS) is 19.4. The number of hydrogen-bond donors (Lipinski definition) is 2. The summed E-state index contributed by atoms with van der Waals surface area (Å²) in [7, 11) is 1.32. The summed E-state index contributed by atoms with van der Waals surface area (Å²) in [4.78, 5) is 26.3. The molecule has 48 heavy (non-hydrogen) atoms. The van der Waals surface area contributed by atoms with Crippen molar-refractivity contribution in [3.05, 3.63) is 92.4 Å². The van der Waals surface area contributed by atoms with Crippen molar-refractivity contribution in [2.24, 2.45) is 0 Å². The molecule has 4 heterocycles. The summed E-state index contributed by atoms with van der Waals surface area (Å²) in [6.45, 7) is -0.0906. The number of halogens is 6. The maximum Gasteiger partial charge on any atom is 0.390 e. The number of carbonyl (C=O) groups is 1. The van der Waals surface area contributed by atoms with E-state index >= 15 is 8.78 Å². The summed E-state index contributed by atoms with van der Waals surface area (Å²) in [5.74, 6) is -4.74. The van der Waals surface area contributed by atoms with Crippen molar-refractivity contribution in [2.75, 3.05) is 13.6 Å². The van der Waals surface area contributed by atoms with Crippen LogP contribution in [0.1, 0.15) is 40.7 Å². The van der Waals surface area contributed by atoms with E-state index in [0.29, 0.717) is 10.2 Å². The van der Waals surface area contributed by atoms with E-state index in [-0.39, 0.29) is 40.8 Å². The van der Waals surface area contributed by atoms with E-state index in [9.17, 15) is 22.8 Å². The molecule has 0 spiro atoms. The van der Waals surface area contributed by atoms with Crippen LogP contribution in [0, 0.1) is 11.6 Å². The second-order valence-electron chi connectivity index (χ2n) is 11.7. The van der Waals surface area contributed by atoms with Crippen molar-refractivity contribution >= 4 is 17.5 Å². The summed E-state index contributed by atoms with van der Waals surface area (Å²) in [5, 5.41) is 9.12. The smallest absolute Gasteiger partial charge is 0.390 e. The molecule has 1 amide bonds. The molecule has 7 rings (SSSR count). The molecule has 0 bridgehead atoms. The summed E-state index contributed by atoms with van der Waals surface area (Å²) < 4.78 is 89.6. The molecule has 0 saturated carbocycles. The van der Waals surface area contributed by atoms with Gasteiger partial charge in [0.2, 0.25) is 11.5 Å². The van der Waals surface area contributed by atoms with Crippen LogP contribution in [0.2, 0.25) is 5.02 Å². The predicted molar refractivity (Wildman–Crippen MR) is 163 cm³/mol. The van der Waals surface area contributed by atoms with E-state index in [1.165, 1.54) is 7.05 Å². The first-order valence-corrected chi connectivity index (χ1v) is 15.4. The Labute approximate surface area is 274 Å². The molecule has 0 aliphatic carbocycles. The van der Waals surface area contributed by atoms with Crippen LogP contribution in [0.5, 0.6) is 28.7 Å². The highest BCUT2D eigenvalue weighted by molar-refractivity contribution is 6.34. The molecule has 250 valence electrons. The number of carbonyl (C=O) groups excluding carboxylic acids is 1. The third-order valence-corrected chi connectivity index (χ3v) is 9.18. The minimum Gasteiger partial charge on any atom is -0.480 e. The van der Waals surface area contributed by atoms with Gasteiger partial charge in [0.15, 0.2) is 22.9 Å². The Morgan fingerprint density at radius 3 is 2.56 bits per heavy atom. The standard InChI is InChI=1S/C33H26ClF5N4O5/c1-40-30(44)17-12-21-28(47-29-22(46-21)15-42-43(31(29)45)11-9-33(37,38)39)27(36)25(17)24-18-14-32(23-8-5-10-41-23,16-6-3-2-4-7-16)48-20(18)13-19(35)26(24)34/h2-4,6-7,12-13,15,23,41H,5,8-11,14H2,1H3,(H,40,44)/t23-,32-/m0/s1. The monoisotopic (exact) mass is 688 g/mol. The van der Waals surface area contributed by atoms with Crippen molar-refractivity contribution in [2.45, 2.75) is 50.0 Å². The van der Waals surface area contributed by atoms with Gasteiger partial charge in [-0.2, -0.15) is 18.3 Å². The summed E-state index contributed by atoms with van der Waals surface area (Å²) in [6, 6.07) is 11.4. The molecule has 2 N–H and O–H groups in total. The third kappa shape index (κ3) is 5.23.